The van der Waals surface area contributed by atoms with Crippen molar-refractivity contribution in [3.63, 3.8) is 0 Å². The van der Waals surface area contributed by atoms with Gasteiger partial charge in [-0.3, -0.25) is 4.98 Å². The fraction of sp³-hybridized carbons (Fsp3) is 0.583. The summed E-state index contributed by atoms with van der Waals surface area (Å²) in [6.07, 6.45) is 10.00. The molecule has 4 heteroatoms. The van der Waals surface area contributed by atoms with Crippen molar-refractivity contribution in [3.05, 3.63) is 28.5 Å². The van der Waals surface area contributed by atoms with Gasteiger partial charge in [-0.25, -0.2) is 0 Å². The molecular weight excluding hydrogens is 284 g/mol. The van der Waals surface area contributed by atoms with E-state index in [2.05, 4.69) is 38.6 Å². The average molecular weight is 301 g/mol. The van der Waals surface area contributed by atoms with E-state index in [9.17, 15) is 0 Å². The number of hydrogen-bond acceptors (Lipinski definition) is 3. The van der Waals surface area contributed by atoms with E-state index < -0.39 is 0 Å². The van der Waals surface area contributed by atoms with E-state index in [1.165, 1.54) is 24.8 Å². The lowest BCUT2D eigenvalue weighted by atomic mass is 10.2. The lowest BCUT2D eigenvalue weighted by Gasteiger charge is -2.19. The Morgan fingerprint density at radius 1 is 1.50 bits per heavy atom. The molecule has 0 saturated heterocycles. The van der Waals surface area contributed by atoms with Crippen LogP contribution in [-0.2, 0) is 6.54 Å². The number of nitrogens with one attached hydrogen (secondary N) is 1. The first-order valence-corrected chi connectivity index (χ1v) is 7.73. The van der Waals surface area contributed by atoms with Crippen molar-refractivity contribution in [2.24, 2.45) is 0 Å². The van der Waals surface area contributed by atoms with Gasteiger partial charge in [-0.15, -0.1) is 0 Å². The first kappa shape index (κ1) is 12.4. The van der Waals surface area contributed by atoms with Gasteiger partial charge in [0.25, 0.3) is 0 Å². The molecule has 0 spiro atoms. The average Bonchev–Trinajstić information content (AvgIpc) is 2.74. The van der Waals surface area contributed by atoms with Crippen molar-refractivity contribution in [2.45, 2.75) is 37.1 Å². The predicted octanol–water partition coefficient (Wildman–Crippen LogP) is 3.22. The molecule has 88 valence electrons. The normalized spacial score (nSPS) is 24.9. The molecule has 1 aromatic rings. The van der Waals surface area contributed by atoms with Crippen molar-refractivity contribution < 1.29 is 0 Å². The minimum absolute atomic E-state index is 0.675. The third-order valence-electron chi connectivity index (χ3n) is 3.09. The van der Waals surface area contributed by atoms with E-state index in [-0.39, 0.29) is 0 Å². The summed E-state index contributed by atoms with van der Waals surface area (Å²) < 4.78 is 1.06. The standard InChI is InChI=1S/C12H17BrN2S/c1-16-12-4-2-3-11(12)15-7-9-5-10(13)8-14-6-9/h5-6,8,11-12,15H,2-4,7H2,1H3. The molecule has 16 heavy (non-hydrogen) atoms. The molecule has 2 rings (SSSR count). The third kappa shape index (κ3) is 3.22. The summed E-state index contributed by atoms with van der Waals surface area (Å²) in [4.78, 5) is 4.18. The van der Waals surface area contributed by atoms with Gasteiger partial charge in [0.2, 0.25) is 0 Å². The minimum atomic E-state index is 0.675. The van der Waals surface area contributed by atoms with Crippen LogP contribution in [0.1, 0.15) is 24.8 Å². The Balaban J connectivity index is 1.87. The van der Waals surface area contributed by atoms with Gasteiger partial charge in [-0.2, -0.15) is 11.8 Å². The quantitative estimate of drug-likeness (QED) is 0.924. The maximum Gasteiger partial charge on any atom is 0.0410 e. The van der Waals surface area contributed by atoms with E-state index in [1.807, 2.05) is 24.2 Å². The van der Waals surface area contributed by atoms with Crippen molar-refractivity contribution in [3.8, 4) is 0 Å². The van der Waals surface area contributed by atoms with Crippen LogP contribution in [0.5, 0.6) is 0 Å². The van der Waals surface area contributed by atoms with E-state index >= 15 is 0 Å². The van der Waals surface area contributed by atoms with E-state index in [4.69, 9.17) is 0 Å². The number of rotatable bonds is 4. The largest absolute Gasteiger partial charge is 0.309 e. The molecule has 2 atom stereocenters. The van der Waals surface area contributed by atoms with Gasteiger partial charge >= 0.3 is 0 Å². The highest BCUT2D eigenvalue weighted by Gasteiger charge is 2.25. The van der Waals surface area contributed by atoms with Gasteiger partial charge in [0.15, 0.2) is 0 Å². The fourth-order valence-corrected chi connectivity index (χ4v) is 3.62. The zero-order valence-corrected chi connectivity index (χ0v) is 11.9. The third-order valence-corrected chi connectivity index (χ3v) is 4.69. The Morgan fingerprint density at radius 3 is 3.12 bits per heavy atom. The van der Waals surface area contributed by atoms with Crippen LogP contribution >= 0.6 is 27.7 Å². The molecule has 2 nitrogen and oxygen atoms in total. The zero-order chi connectivity index (χ0) is 11.4. The van der Waals surface area contributed by atoms with Gasteiger partial charge in [0, 0.05) is 34.7 Å². The summed E-state index contributed by atoms with van der Waals surface area (Å²) in [7, 11) is 0. The van der Waals surface area contributed by atoms with E-state index in [0.29, 0.717) is 6.04 Å². The van der Waals surface area contributed by atoms with Gasteiger partial charge in [0.05, 0.1) is 0 Å². The number of pyridine rings is 1. The molecule has 0 bridgehead atoms. The Hall–Kier alpha value is -0.0600. The van der Waals surface area contributed by atoms with Gasteiger partial charge < -0.3 is 5.32 Å². The second kappa shape index (κ2) is 6.03. The zero-order valence-electron chi connectivity index (χ0n) is 9.45. The molecule has 1 fully saturated rings. The number of hydrogen-bond donors (Lipinski definition) is 1. The van der Waals surface area contributed by atoms with Crippen molar-refractivity contribution in [1.82, 2.24) is 10.3 Å². The van der Waals surface area contributed by atoms with Crippen molar-refractivity contribution in [2.75, 3.05) is 6.26 Å². The van der Waals surface area contributed by atoms with Crippen LogP contribution in [0, 0.1) is 0 Å². The highest BCUT2D eigenvalue weighted by atomic mass is 79.9. The summed E-state index contributed by atoms with van der Waals surface area (Å²) in [5, 5.41) is 4.44. The minimum Gasteiger partial charge on any atom is -0.309 e. The lowest BCUT2D eigenvalue weighted by Crippen LogP contribution is -2.33. The smallest absolute Gasteiger partial charge is 0.0410 e. The Morgan fingerprint density at radius 2 is 2.38 bits per heavy atom. The number of thioether (sulfide) groups is 1. The molecule has 0 aliphatic heterocycles. The number of nitrogens with zero attached hydrogens (tertiary/aromatic N) is 1. The number of halogens is 1. The number of aromatic nitrogens is 1. The van der Waals surface area contributed by atoms with Crippen molar-refractivity contribution in [1.29, 1.82) is 0 Å². The topological polar surface area (TPSA) is 24.9 Å². The fourth-order valence-electron chi connectivity index (χ4n) is 2.24. The van der Waals surface area contributed by atoms with Crippen LogP contribution in [-0.4, -0.2) is 22.5 Å². The van der Waals surface area contributed by atoms with Crippen molar-refractivity contribution >= 4 is 27.7 Å². The molecule has 1 aromatic heterocycles. The highest BCUT2D eigenvalue weighted by molar-refractivity contribution is 9.10. The first-order valence-electron chi connectivity index (χ1n) is 5.65. The molecule has 1 N–H and O–H groups in total. The van der Waals surface area contributed by atoms with E-state index in [1.54, 1.807) is 0 Å². The van der Waals surface area contributed by atoms with Gasteiger partial charge in [0.1, 0.15) is 0 Å². The lowest BCUT2D eigenvalue weighted by molar-refractivity contribution is 0.531. The molecule has 1 aliphatic rings. The van der Waals surface area contributed by atoms with Crippen LogP contribution in [0.2, 0.25) is 0 Å². The summed E-state index contributed by atoms with van der Waals surface area (Å²) in [5.74, 6) is 0. The maximum absolute atomic E-state index is 4.18. The SMILES string of the molecule is CSC1CCCC1NCc1cncc(Br)c1. The first-order chi connectivity index (χ1) is 7.79. The highest BCUT2D eigenvalue weighted by Crippen LogP contribution is 2.28. The summed E-state index contributed by atoms with van der Waals surface area (Å²) in [5.41, 5.74) is 1.25. The van der Waals surface area contributed by atoms with E-state index in [0.717, 1.165) is 16.3 Å². The Labute approximate surface area is 110 Å². The molecule has 0 aromatic carbocycles. The second-order valence-electron chi connectivity index (χ2n) is 4.20. The molecule has 1 aliphatic carbocycles. The Bertz CT molecular complexity index is 346. The summed E-state index contributed by atoms with van der Waals surface area (Å²) in [6, 6.07) is 2.80. The van der Waals surface area contributed by atoms with Crippen LogP contribution in [0.3, 0.4) is 0 Å². The Kier molecular flexibility index (Phi) is 4.67. The molecular formula is C12H17BrN2S. The molecule has 0 amide bonds. The van der Waals surface area contributed by atoms with Crippen LogP contribution in [0.25, 0.3) is 0 Å². The molecule has 2 unspecified atom stereocenters. The van der Waals surface area contributed by atoms with Gasteiger partial charge in [-0.1, -0.05) is 6.42 Å². The predicted molar refractivity (Wildman–Crippen MR) is 73.7 cm³/mol. The molecule has 0 radical (unpaired) electrons. The maximum atomic E-state index is 4.18. The van der Waals surface area contributed by atoms with Crippen LogP contribution in [0.15, 0.2) is 22.9 Å². The van der Waals surface area contributed by atoms with Gasteiger partial charge in [-0.05, 0) is 46.7 Å². The molecule has 1 heterocycles. The van der Waals surface area contributed by atoms with Crippen LogP contribution < -0.4 is 5.32 Å². The summed E-state index contributed by atoms with van der Waals surface area (Å²) >= 11 is 5.44. The summed E-state index contributed by atoms with van der Waals surface area (Å²) in [6.45, 7) is 0.925. The second-order valence-corrected chi connectivity index (χ2v) is 6.20. The monoisotopic (exact) mass is 300 g/mol. The van der Waals surface area contributed by atoms with Crippen LogP contribution in [0.4, 0.5) is 0 Å². The molecule has 1 saturated carbocycles.